The predicted molar refractivity (Wildman–Crippen MR) is 76.9 cm³/mol. The van der Waals surface area contributed by atoms with Crippen molar-refractivity contribution < 1.29 is 9.50 Å². The number of phenols is 1. The fourth-order valence-electron chi connectivity index (χ4n) is 2.06. The molecule has 4 heteroatoms. The summed E-state index contributed by atoms with van der Waals surface area (Å²) in [7, 11) is 0. The van der Waals surface area contributed by atoms with E-state index in [0.717, 1.165) is 12.8 Å². The molecule has 0 saturated carbocycles. The molecule has 0 spiro atoms. The summed E-state index contributed by atoms with van der Waals surface area (Å²) in [6.07, 6.45) is 2.10. The van der Waals surface area contributed by atoms with Gasteiger partial charge in [-0.05, 0) is 23.9 Å². The number of rotatable bonds is 6. The zero-order valence-electron chi connectivity index (χ0n) is 10.9. The van der Waals surface area contributed by atoms with Crippen molar-refractivity contribution >= 4 is 11.3 Å². The van der Waals surface area contributed by atoms with Gasteiger partial charge < -0.3 is 10.4 Å². The lowest BCUT2D eigenvalue weighted by Gasteiger charge is -2.17. The second kappa shape index (κ2) is 6.68. The van der Waals surface area contributed by atoms with Crippen LogP contribution in [0.2, 0.25) is 0 Å². The number of hydrogen-bond acceptors (Lipinski definition) is 3. The van der Waals surface area contributed by atoms with Gasteiger partial charge in [0.1, 0.15) is 0 Å². The Morgan fingerprint density at radius 2 is 2.16 bits per heavy atom. The van der Waals surface area contributed by atoms with Gasteiger partial charge in [-0.1, -0.05) is 31.5 Å². The number of para-hydroxylation sites is 1. The number of benzene rings is 1. The van der Waals surface area contributed by atoms with Gasteiger partial charge in [-0.25, -0.2) is 4.39 Å². The van der Waals surface area contributed by atoms with Gasteiger partial charge in [0.05, 0.1) is 0 Å². The maximum atomic E-state index is 13.2. The molecule has 0 aliphatic heterocycles. The minimum absolute atomic E-state index is 0.253. The molecule has 0 aliphatic rings. The van der Waals surface area contributed by atoms with Gasteiger partial charge in [0.25, 0.3) is 0 Å². The predicted octanol–water partition coefficient (Wildman–Crippen LogP) is 4.22. The molecule has 0 saturated heterocycles. The zero-order chi connectivity index (χ0) is 13.7. The molecule has 19 heavy (non-hydrogen) atoms. The summed E-state index contributed by atoms with van der Waals surface area (Å²) in [5.41, 5.74) is 0.595. The molecule has 2 N–H and O–H groups in total. The lowest BCUT2D eigenvalue weighted by Crippen LogP contribution is -2.20. The van der Waals surface area contributed by atoms with E-state index in [-0.39, 0.29) is 11.8 Å². The molecule has 0 amide bonds. The molecule has 1 heterocycles. The van der Waals surface area contributed by atoms with E-state index in [9.17, 15) is 9.50 Å². The van der Waals surface area contributed by atoms with Crippen LogP contribution in [0, 0.1) is 5.82 Å². The molecule has 1 atom stereocenters. The standard InChI is InChI=1S/C15H18FNOS/c1-2-5-13(14-8-4-9-19-14)17-10-11-6-3-7-12(16)15(11)18/h3-4,6-9,13,17-18H,2,5,10H2,1H3. The lowest BCUT2D eigenvalue weighted by molar-refractivity contribution is 0.417. The first-order valence-electron chi connectivity index (χ1n) is 6.45. The van der Waals surface area contributed by atoms with E-state index in [1.807, 2.05) is 6.07 Å². The quantitative estimate of drug-likeness (QED) is 0.829. The number of thiophene rings is 1. The average molecular weight is 279 g/mol. The molecular formula is C15H18FNOS. The largest absolute Gasteiger partial charge is 0.505 e. The van der Waals surface area contributed by atoms with Crippen molar-refractivity contribution in [2.24, 2.45) is 0 Å². The van der Waals surface area contributed by atoms with E-state index in [1.54, 1.807) is 23.5 Å². The van der Waals surface area contributed by atoms with Crippen molar-refractivity contribution in [2.75, 3.05) is 0 Å². The van der Waals surface area contributed by atoms with E-state index in [4.69, 9.17) is 0 Å². The monoisotopic (exact) mass is 279 g/mol. The molecule has 102 valence electrons. The van der Waals surface area contributed by atoms with Gasteiger partial charge in [-0.15, -0.1) is 11.3 Å². The normalized spacial score (nSPS) is 12.5. The minimum atomic E-state index is -0.567. The molecular weight excluding hydrogens is 261 g/mol. The molecule has 0 fully saturated rings. The Hall–Kier alpha value is -1.39. The van der Waals surface area contributed by atoms with E-state index in [2.05, 4.69) is 23.7 Å². The van der Waals surface area contributed by atoms with E-state index < -0.39 is 5.82 Å². The zero-order valence-corrected chi connectivity index (χ0v) is 11.7. The Bertz CT molecular complexity index is 513. The second-order valence-electron chi connectivity index (χ2n) is 4.49. The Kier molecular flexibility index (Phi) is 4.93. The lowest BCUT2D eigenvalue weighted by atomic mass is 10.1. The molecule has 0 aliphatic carbocycles. The van der Waals surface area contributed by atoms with Crippen molar-refractivity contribution in [3.05, 3.63) is 52.0 Å². The average Bonchev–Trinajstić information content (AvgIpc) is 2.93. The van der Waals surface area contributed by atoms with Gasteiger partial charge >= 0.3 is 0 Å². The summed E-state index contributed by atoms with van der Waals surface area (Å²) < 4.78 is 13.2. The summed E-state index contributed by atoms with van der Waals surface area (Å²) in [4.78, 5) is 1.28. The van der Waals surface area contributed by atoms with Crippen molar-refractivity contribution in [1.29, 1.82) is 0 Å². The van der Waals surface area contributed by atoms with Crippen LogP contribution in [-0.4, -0.2) is 5.11 Å². The van der Waals surface area contributed by atoms with E-state index in [1.165, 1.54) is 10.9 Å². The minimum Gasteiger partial charge on any atom is -0.505 e. The van der Waals surface area contributed by atoms with Crippen molar-refractivity contribution in [1.82, 2.24) is 5.32 Å². The Morgan fingerprint density at radius 3 is 2.84 bits per heavy atom. The first-order valence-corrected chi connectivity index (χ1v) is 7.33. The molecule has 2 nitrogen and oxygen atoms in total. The van der Waals surface area contributed by atoms with Gasteiger partial charge in [0, 0.05) is 23.0 Å². The summed E-state index contributed by atoms with van der Waals surface area (Å²) in [5, 5.41) is 15.1. The fourth-order valence-corrected chi connectivity index (χ4v) is 2.90. The molecule has 1 aromatic heterocycles. The van der Waals surface area contributed by atoms with Crippen LogP contribution >= 0.6 is 11.3 Å². The Labute approximate surface area is 116 Å². The van der Waals surface area contributed by atoms with Crippen molar-refractivity contribution in [3.63, 3.8) is 0 Å². The third-order valence-corrected chi connectivity index (χ3v) is 4.06. The molecule has 2 aromatic rings. The highest BCUT2D eigenvalue weighted by atomic mass is 32.1. The van der Waals surface area contributed by atoms with Crippen molar-refractivity contribution in [2.45, 2.75) is 32.4 Å². The molecule has 1 aromatic carbocycles. The van der Waals surface area contributed by atoms with Crippen LogP contribution in [0.1, 0.15) is 36.2 Å². The Morgan fingerprint density at radius 1 is 1.32 bits per heavy atom. The SMILES string of the molecule is CCCC(NCc1cccc(F)c1O)c1cccs1. The highest BCUT2D eigenvalue weighted by Crippen LogP contribution is 2.25. The van der Waals surface area contributed by atoms with E-state index >= 15 is 0 Å². The first-order chi connectivity index (χ1) is 9.22. The van der Waals surface area contributed by atoms with Crippen molar-refractivity contribution in [3.8, 4) is 5.75 Å². The smallest absolute Gasteiger partial charge is 0.165 e. The summed E-state index contributed by atoms with van der Waals surface area (Å²) in [6, 6.07) is 9.01. The summed E-state index contributed by atoms with van der Waals surface area (Å²) in [5.74, 6) is -0.820. The van der Waals surface area contributed by atoms with Crippen LogP contribution in [0.5, 0.6) is 5.75 Å². The number of phenolic OH excluding ortho intramolecular Hbond substituents is 1. The maximum absolute atomic E-state index is 13.2. The maximum Gasteiger partial charge on any atom is 0.165 e. The van der Waals surface area contributed by atoms with Crippen LogP contribution in [0.15, 0.2) is 35.7 Å². The summed E-state index contributed by atoms with van der Waals surface area (Å²) >= 11 is 1.71. The van der Waals surface area contributed by atoms with Crippen LogP contribution in [0.4, 0.5) is 4.39 Å². The van der Waals surface area contributed by atoms with Crippen LogP contribution in [0.3, 0.4) is 0 Å². The molecule has 1 unspecified atom stereocenters. The van der Waals surface area contributed by atoms with Gasteiger partial charge in [0.15, 0.2) is 11.6 Å². The van der Waals surface area contributed by atoms with Crippen LogP contribution in [-0.2, 0) is 6.54 Å². The molecule has 0 radical (unpaired) electrons. The Balaban J connectivity index is 2.05. The third kappa shape index (κ3) is 3.55. The number of aromatic hydroxyl groups is 1. The third-order valence-electron chi connectivity index (χ3n) is 3.07. The number of nitrogens with one attached hydrogen (secondary N) is 1. The topological polar surface area (TPSA) is 32.3 Å². The molecule has 0 bridgehead atoms. The molecule has 2 rings (SSSR count). The van der Waals surface area contributed by atoms with Crippen LogP contribution < -0.4 is 5.32 Å². The first kappa shape index (κ1) is 14.0. The summed E-state index contributed by atoms with van der Waals surface area (Å²) in [6.45, 7) is 2.61. The highest BCUT2D eigenvalue weighted by Gasteiger charge is 2.13. The number of hydrogen-bond donors (Lipinski definition) is 2. The van der Waals surface area contributed by atoms with Crippen LogP contribution in [0.25, 0.3) is 0 Å². The van der Waals surface area contributed by atoms with Gasteiger partial charge in [-0.3, -0.25) is 0 Å². The van der Waals surface area contributed by atoms with Gasteiger partial charge in [-0.2, -0.15) is 0 Å². The highest BCUT2D eigenvalue weighted by molar-refractivity contribution is 7.10. The van der Waals surface area contributed by atoms with Gasteiger partial charge in [0.2, 0.25) is 0 Å². The van der Waals surface area contributed by atoms with E-state index in [0.29, 0.717) is 12.1 Å². The number of halogens is 1. The second-order valence-corrected chi connectivity index (χ2v) is 5.46. The fraction of sp³-hybridized carbons (Fsp3) is 0.333.